The Bertz CT molecular complexity index is 672. The van der Waals surface area contributed by atoms with Gasteiger partial charge in [-0.2, -0.15) is 0 Å². The van der Waals surface area contributed by atoms with E-state index in [1.807, 2.05) is 0 Å². The number of rotatable bonds is 4. The third kappa shape index (κ3) is 3.69. The minimum atomic E-state index is -1.12. The van der Waals surface area contributed by atoms with Crippen molar-refractivity contribution in [2.24, 2.45) is 0 Å². The quantitative estimate of drug-likeness (QED) is 0.803. The van der Waals surface area contributed by atoms with Gasteiger partial charge in [0.2, 0.25) is 5.91 Å². The Kier molecular flexibility index (Phi) is 4.21. The van der Waals surface area contributed by atoms with Gasteiger partial charge < -0.3 is 16.2 Å². The number of hydrogen-bond donors (Lipinski definition) is 3. The monoisotopic (exact) mass is 311 g/mol. The fourth-order valence-corrected chi connectivity index (χ4v) is 2.36. The number of nitrogen functional groups attached to an aromatic ring is 1. The highest BCUT2D eigenvalue weighted by molar-refractivity contribution is 7.13. The molecular weight excluding hydrogens is 302 g/mol. The number of amides is 1. The molecule has 0 spiro atoms. The third-order valence-electron chi connectivity index (χ3n) is 2.34. The summed E-state index contributed by atoms with van der Waals surface area (Å²) < 4.78 is 0. The number of carboxylic acids is 1. The summed E-state index contributed by atoms with van der Waals surface area (Å²) in [4.78, 5) is 26.7. The van der Waals surface area contributed by atoms with E-state index in [1.165, 1.54) is 29.5 Å². The maximum absolute atomic E-state index is 11.8. The van der Waals surface area contributed by atoms with Crippen molar-refractivity contribution in [2.75, 3.05) is 11.1 Å². The van der Waals surface area contributed by atoms with Crippen LogP contribution in [0.5, 0.6) is 0 Å². The molecule has 0 unspecified atom stereocenters. The Morgan fingerprint density at radius 1 is 1.40 bits per heavy atom. The van der Waals surface area contributed by atoms with E-state index in [4.69, 9.17) is 22.4 Å². The van der Waals surface area contributed by atoms with Crippen LogP contribution < -0.4 is 11.1 Å². The van der Waals surface area contributed by atoms with Gasteiger partial charge >= 0.3 is 5.97 Å². The second-order valence-electron chi connectivity index (χ2n) is 3.94. The van der Waals surface area contributed by atoms with Crippen molar-refractivity contribution in [2.45, 2.75) is 6.42 Å². The van der Waals surface area contributed by atoms with E-state index in [2.05, 4.69) is 10.3 Å². The molecule has 0 saturated heterocycles. The van der Waals surface area contributed by atoms with Crippen LogP contribution in [0.4, 0.5) is 10.8 Å². The van der Waals surface area contributed by atoms with Gasteiger partial charge in [-0.1, -0.05) is 11.6 Å². The van der Waals surface area contributed by atoms with Crippen LogP contribution in [0.2, 0.25) is 5.02 Å². The molecule has 1 heterocycles. The van der Waals surface area contributed by atoms with Crippen LogP contribution in [0, 0.1) is 0 Å². The predicted octanol–water partition coefficient (Wildman–Crippen LogP) is 2.26. The van der Waals surface area contributed by atoms with Crippen LogP contribution in [0.3, 0.4) is 0 Å². The fourth-order valence-electron chi connectivity index (χ4n) is 1.56. The smallest absolute Gasteiger partial charge is 0.335 e. The van der Waals surface area contributed by atoms with Crippen molar-refractivity contribution in [3.05, 3.63) is 39.9 Å². The van der Waals surface area contributed by atoms with Crippen LogP contribution in [-0.2, 0) is 11.2 Å². The number of nitrogens with two attached hydrogens (primary N) is 1. The van der Waals surface area contributed by atoms with Crippen molar-refractivity contribution >= 4 is 45.6 Å². The lowest BCUT2D eigenvalue weighted by molar-refractivity contribution is -0.115. The fraction of sp³-hybridized carbons (Fsp3) is 0.0833. The third-order valence-corrected chi connectivity index (χ3v) is 3.28. The van der Waals surface area contributed by atoms with Crippen molar-refractivity contribution in [3.8, 4) is 0 Å². The van der Waals surface area contributed by atoms with Gasteiger partial charge in [0.05, 0.1) is 17.7 Å². The van der Waals surface area contributed by atoms with Gasteiger partial charge in [-0.15, -0.1) is 11.3 Å². The van der Waals surface area contributed by atoms with E-state index in [9.17, 15) is 9.59 Å². The normalized spacial score (nSPS) is 10.2. The number of carboxylic acid groups (broad SMARTS) is 1. The van der Waals surface area contributed by atoms with Gasteiger partial charge in [0.15, 0.2) is 5.13 Å². The first kappa shape index (κ1) is 14.3. The van der Waals surface area contributed by atoms with Crippen LogP contribution in [0.25, 0.3) is 0 Å². The summed E-state index contributed by atoms with van der Waals surface area (Å²) in [6.45, 7) is 0. The van der Waals surface area contributed by atoms with Gasteiger partial charge in [0.1, 0.15) is 0 Å². The standard InChI is InChI=1S/C12H10ClN3O3S/c13-7-1-6(11(18)19)2-8(3-7)15-10(17)4-9-5-20-12(14)16-9/h1-3,5H,4H2,(H2,14,16)(H,15,17)(H,18,19). The first-order valence-corrected chi connectivity index (χ1v) is 6.73. The van der Waals surface area contributed by atoms with Crippen LogP contribution in [-0.4, -0.2) is 22.0 Å². The van der Waals surface area contributed by atoms with Crippen molar-refractivity contribution in [1.82, 2.24) is 4.98 Å². The molecule has 0 atom stereocenters. The molecule has 6 nitrogen and oxygen atoms in total. The SMILES string of the molecule is Nc1nc(CC(=O)Nc2cc(Cl)cc(C(=O)O)c2)cs1. The van der Waals surface area contributed by atoms with Crippen LogP contribution >= 0.6 is 22.9 Å². The molecule has 0 radical (unpaired) electrons. The van der Waals surface area contributed by atoms with Gasteiger partial charge in [-0.25, -0.2) is 9.78 Å². The first-order chi connectivity index (χ1) is 9.44. The van der Waals surface area contributed by atoms with E-state index in [-0.39, 0.29) is 22.9 Å². The average Bonchev–Trinajstić information content (AvgIpc) is 2.73. The van der Waals surface area contributed by atoms with Crippen molar-refractivity contribution in [1.29, 1.82) is 0 Å². The number of anilines is 2. The molecule has 1 aromatic carbocycles. The molecule has 0 aliphatic carbocycles. The second kappa shape index (κ2) is 5.89. The summed E-state index contributed by atoms with van der Waals surface area (Å²) in [7, 11) is 0. The summed E-state index contributed by atoms with van der Waals surface area (Å²) in [5.74, 6) is -1.44. The number of aromatic carboxylic acids is 1. The molecule has 1 amide bonds. The van der Waals surface area contributed by atoms with E-state index in [0.29, 0.717) is 16.5 Å². The lowest BCUT2D eigenvalue weighted by atomic mass is 10.2. The molecule has 20 heavy (non-hydrogen) atoms. The number of carbonyl (C=O) groups is 2. The maximum Gasteiger partial charge on any atom is 0.335 e. The van der Waals surface area contributed by atoms with E-state index >= 15 is 0 Å². The molecular formula is C12H10ClN3O3S. The lowest BCUT2D eigenvalue weighted by Crippen LogP contribution is -2.15. The highest BCUT2D eigenvalue weighted by atomic mass is 35.5. The topological polar surface area (TPSA) is 105 Å². The molecule has 1 aromatic heterocycles. The first-order valence-electron chi connectivity index (χ1n) is 5.47. The Balaban J connectivity index is 2.09. The van der Waals surface area contributed by atoms with Gasteiger partial charge in [-0.3, -0.25) is 4.79 Å². The summed E-state index contributed by atoms with van der Waals surface area (Å²) >= 11 is 7.05. The molecule has 4 N–H and O–H groups in total. The molecule has 8 heteroatoms. The van der Waals surface area contributed by atoms with Crippen LogP contribution in [0.1, 0.15) is 16.1 Å². The summed E-state index contributed by atoms with van der Waals surface area (Å²) in [5, 5.41) is 13.8. The minimum absolute atomic E-state index is 0.00528. The number of carbonyl (C=O) groups excluding carboxylic acids is 1. The Labute approximate surface area is 123 Å². The summed E-state index contributed by atoms with van der Waals surface area (Å²) in [5.41, 5.74) is 6.36. The lowest BCUT2D eigenvalue weighted by Gasteiger charge is -2.06. The Morgan fingerprint density at radius 2 is 2.15 bits per heavy atom. The van der Waals surface area contributed by atoms with Crippen molar-refractivity contribution < 1.29 is 14.7 Å². The van der Waals surface area contributed by atoms with E-state index in [0.717, 1.165) is 0 Å². The van der Waals surface area contributed by atoms with Gasteiger partial charge in [0, 0.05) is 16.1 Å². The highest BCUT2D eigenvalue weighted by Gasteiger charge is 2.10. The number of thiazole rings is 1. The second-order valence-corrected chi connectivity index (χ2v) is 5.26. The van der Waals surface area contributed by atoms with Gasteiger partial charge in [0.25, 0.3) is 0 Å². The highest BCUT2D eigenvalue weighted by Crippen LogP contribution is 2.20. The number of nitrogens with one attached hydrogen (secondary N) is 1. The van der Waals surface area contributed by atoms with Crippen LogP contribution in [0.15, 0.2) is 23.6 Å². The van der Waals surface area contributed by atoms with E-state index in [1.54, 1.807) is 5.38 Å². The average molecular weight is 312 g/mol. The zero-order valence-corrected chi connectivity index (χ0v) is 11.7. The molecule has 0 saturated carbocycles. The molecule has 2 aromatic rings. The maximum atomic E-state index is 11.8. The molecule has 0 aliphatic heterocycles. The number of aromatic nitrogens is 1. The molecule has 0 aliphatic rings. The van der Waals surface area contributed by atoms with Gasteiger partial charge in [-0.05, 0) is 18.2 Å². The number of nitrogens with zero attached hydrogens (tertiary/aromatic N) is 1. The summed E-state index contributed by atoms with van der Waals surface area (Å²) in [6.07, 6.45) is 0.0582. The zero-order valence-electron chi connectivity index (χ0n) is 10.1. The predicted molar refractivity (Wildman–Crippen MR) is 77.3 cm³/mol. The Morgan fingerprint density at radius 3 is 2.75 bits per heavy atom. The number of hydrogen-bond acceptors (Lipinski definition) is 5. The summed E-state index contributed by atoms with van der Waals surface area (Å²) in [6, 6.07) is 4.11. The number of halogens is 1. The Hall–Kier alpha value is -2.12. The largest absolute Gasteiger partial charge is 0.478 e. The number of benzene rings is 1. The zero-order chi connectivity index (χ0) is 14.7. The molecule has 104 valence electrons. The van der Waals surface area contributed by atoms with E-state index < -0.39 is 5.97 Å². The molecule has 0 bridgehead atoms. The van der Waals surface area contributed by atoms with Crippen molar-refractivity contribution in [3.63, 3.8) is 0 Å². The molecule has 0 fully saturated rings. The minimum Gasteiger partial charge on any atom is -0.478 e. The molecule has 2 rings (SSSR count).